The Balaban J connectivity index is 1.60. The Morgan fingerprint density at radius 3 is 2.16 bits per heavy atom. The summed E-state index contributed by atoms with van der Waals surface area (Å²) in [4.78, 5) is 61.4. The number of anilines is 1. The van der Waals surface area contributed by atoms with Crippen LogP contribution in [0.2, 0.25) is 0 Å². The van der Waals surface area contributed by atoms with E-state index in [1.54, 1.807) is 43.0 Å². The largest absolute Gasteiger partial charge is 0.464 e. The molecule has 3 heterocycles. The lowest BCUT2D eigenvalue weighted by molar-refractivity contribution is -0.384. The molecule has 49 heavy (non-hydrogen) atoms. The topological polar surface area (TPSA) is 144 Å². The first-order chi connectivity index (χ1) is 23.7. The van der Waals surface area contributed by atoms with Gasteiger partial charge >= 0.3 is 11.9 Å². The van der Waals surface area contributed by atoms with E-state index >= 15 is 4.79 Å². The number of nitro groups is 1. The number of amides is 1. The molecular formula is C38H34N4O7. The highest BCUT2D eigenvalue weighted by molar-refractivity contribution is 6.23. The number of fused-ring (bicyclic) bond motifs is 6. The van der Waals surface area contributed by atoms with Crippen LogP contribution in [0, 0.1) is 17.0 Å². The van der Waals surface area contributed by atoms with Gasteiger partial charge in [-0.05, 0) is 49.6 Å². The van der Waals surface area contributed by atoms with Crippen LogP contribution in [0.3, 0.4) is 0 Å². The number of hydrogen-bond acceptors (Lipinski definition) is 8. The normalized spacial score (nSPS) is 19.0. The van der Waals surface area contributed by atoms with Crippen molar-refractivity contribution < 1.29 is 28.8 Å². The predicted molar refractivity (Wildman–Crippen MR) is 182 cm³/mol. The van der Waals surface area contributed by atoms with E-state index in [1.807, 2.05) is 67.6 Å². The van der Waals surface area contributed by atoms with Gasteiger partial charge in [0.1, 0.15) is 5.41 Å². The van der Waals surface area contributed by atoms with E-state index in [-0.39, 0.29) is 25.4 Å². The summed E-state index contributed by atoms with van der Waals surface area (Å²) >= 11 is 0. The van der Waals surface area contributed by atoms with Crippen molar-refractivity contribution >= 4 is 40.1 Å². The number of ether oxygens (including phenoxy) is 2. The molecule has 7 rings (SSSR count). The average molecular weight is 659 g/mol. The SMILES string of the molecule is CCOC(=O)C1(C(=O)OCC)N[C@@H](c2ccc([N+](=O)[O-])cc2)c2[nH]c3ccccc3c2[C@]12C(=O)N(Cc1ccc(C)cc1)c1ccccc12. The van der Waals surface area contributed by atoms with E-state index in [1.165, 1.54) is 12.1 Å². The third kappa shape index (κ3) is 4.56. The van der Waals surface area contributed by atoms with Crippen LogP contribution in [0.15, 0.2) is 97.1 Å². The van der Waals surface area contributed by atoms with E-state index in [9.17, 15) is 19.7 Å². The van der Waals surface area contributed by atoms with Gasteiger partial charge in [-0.25, -0.2) is 9.59 Å². The van der Waals surface area contributed by atoms with Crippen molar-refractivity contribution in [2.24, 2.45) is 0 Å². The van der Waals surface area contributed by atoms with Crippen LogP contribution in [-0.2, 0) is 35.8 Å². The van der Waals surface area contributed by atoms with E-state index in [0.29, 0.717) is 39.0 Å². The number of para-hydroxylation sites is 2. The van der Waals surface area contributed by atoms with Gasteiger partial charge in [0.05, 0.1) is 30.7 Å². The second kappa shape index (κ2) is 12.0. The first-order valence-electron chi connectivity index (χ1n) is 16.1. The van der Waals surface area contributed by atoms with Crippen molar-refractivity contribution in [3.63, 3.8) is 0 Å². The molecule has 0 unspecified atom stereocenters. The smallest absolute Gasteiger partial charge is 0.340 e. The van der Waals surface area contributed by atoms with Crippen molar-refractivity contribution in [2.75, 3.05) is 18.1 Å². The number of aromatic amines is 1. The van der Waals surface area contributed by atoms with Gasteiger partial charge in [-0.1, -0.05) is 78.4 Å². The minimum absolute atomic E-state index is 0.0798. The number of hydrogen-bond donors (Lipinski definition) is 2. The van der Waals surface area contributed by atoms with Crippen molar-refractivity contribution in [3.8, 4) is 0 Å². The molecule has 11 nitrogen and oxygen atoms in total. The zero-order chi connectivity index (χ0) is 34.5. The number of rotatable bonds is 8. The van der Waals surface area contributed by atoms with Crippen LogP contribution in [0.25, 0.3) is 10.9 Å². The quantitative estimate of drug-likeness (QED) is 0.0925. The minimum atomic E-state index is -2.43. The van der Waals surface area contributed by atoms with Gasteiger partial charge in [0.2, 0.25) is 11.4 Å². The third-order valence-electron chi connectivity index (χ3n) is 9.55. The van der Waals surface area contributed by atoms with Crippen LogP contribution in [0.4, 0.5) is 11.4 Å². The lowest BCUT2D eigenvalue weighted by atomic mass is 9.57. The van der Waals surface area contributed by atoms with Gasteiger partial charge in [-0.3, -0.25) is 20.2 Å². The second-order valence-corrected chi connectivity index (χ2v) is 12.2. The number of carbonyl (C=O) groups is 3. The molecule has 0 radical (unpaired) electrons. The fraction of sp³-hybridized carbons (Fsp3) is 0.237. The van der Waals surface area contributed by atoms with Crippen LogP contribution < -0.4 is 10.2 Å². The molecule has 2 N–H and O–H groups in total. The number of esters is 2. The third-order valence-corrected chi connectivity index (χ3v) is 9.55. The van der Waals surface area contributed by atoms with Gasteiger partial charge in [0.15, 0.2) is 0 Å². The Kier molecular flexibility index (Phi) is 7.79. The molecular weight excluding hydrogens is 624 g/mol. The Labute approximate surface area is 282 Å². The number of H-pyrrole nitrogens is 1. The maximum atomic E-state index is 15.7. The Morgan fingerprint density at radius 2 is 1.51 bits per heavy atom. The molecule has 0 bridgehead atoms. The van der Waals surface area contributed by atoms with Crippen molar-refractivity contribution in [2.45, 2.75) is 44.3 Å². The molecule has 1 amide bonds. The van der Waals surface area contributed by atoms with Gasteiger partial charge in [-0.15, -0.1) is 0 Å². The highest BCUT2D eigenvalue weighted by Crippen LogP contribution is 2.59. The molecule has 248 valence electrons. The highest BCUT2D eigenvalue weighted by Gasteiger charge is 2.76. The number of nitrogens with one attached hydrogen (secondary N) is 2. The average Bonchev–Trinajstić information content (AvgIpc) is 3.61. The zero-order valence-corrected chi connectivity index (χ0v) is 27.2. The van der Waals surface area contributed by atoms with E-state index in [2.05, 4.69) is 10.3 Å². The van der Waals surface area contributed by atoms with Gasteiger partial charge in [0.25, 0.3) is 5.69 Å². The van der Waals surface area contributed by atoms with Gasteiger partial charge in [0, 0.05) is 40.0 Å². The molecule has 4 aromatic carbocycles. The molecule has 1 aromatic heterocycles. The summed E-state index contributed by atoms with van der Waals surface area (Å²) in [7, 11) is 0. The molecule has 2 aliphatic heterocycles. The fourth-order valence-electron chi connectivity index (χ4n) is 7.48. The van der Waals surface area contributed by atoms with Crippen LogP contribution in [-0.4, -0.2) is 46.5 Å². The number of aromatic nitrogens is 1. The Bertz CT molecular complexity index is 2100. The van der Waals surface area contributed by atoms with Crippen molar-refractivity contribution in [1.29, 1.82) is 0 Å². The molecule has 2 atom stereocenters. The second-order valence-electron chi connectivity index (χ2n) is 12.2. The lowest BCUT2D eigenvalue weighted by Crippen LogP contribution is -2.76. The Hall–Kier alpha value is -5.81. The first-order valence-corrected chi connectivity index (χ1v) is 16.1. The molecule has 1 spiro atoms. The standard InChI is InChI=1S/C38H34N4O7/c1-4-48-35(44)38(36(45)49-5-2)37(28-11-7-9-13-30(28)41(34(37)43)22-24-16-14-23(3)15-17-24)31-27-10-6-8-12-29(27)39-33(31)32(40-38)25-18-20-26(21-19-25)42(46)47/h6-21,32,39-40H,4-5,22H2,1-3H3/t32-,37+/m0/s1. The summed E-state index contributed by atoms with van der Waals surface area (Å²) in [6.07, 6.45) is 0. The summed E-state index contributed by atoms with van der Waals surface area (Å²) < 4.78 is 11.5. The van der Waals surface area contributed by atoms with E-state index in [4.69, 9.17) is 9.47 Å². The monoisotopic (exact) mass is 658 g/mol. The summed E-state index contributed by atoms with van der Waals surface area (Å²) in [5.41, 5.74) is 0.484. The molecule has 11 heteroatoms. The molecule has 2 aliphatic rings. The molecule has 0 saturated heterocycles. The lowest BCUT2D eigenvalue weighted by Gasteiger charge is -2.49. The molecule has 5 aromatic rings. The summed E-state index contributed by atoms with van der Waals surface area (Å²) in [5, 5.41) is 15.5. The number of nitrogens with zero attached hydrogens (tertiary/aromatic N) is 2. The van der Waals surface area contributed by atoms with Crippen LogP contribution >= 0.6 is 0 Å². The number of non-ortho nitro benzene ring substituents is 1. The van der Waals surface area contributed by atoms with E-state index < -0.39 is 39.8 Å². The number of carbonyl (C=O) groups excluding carboxylic acids is 3. The fourth-order valence-corrected chi connectivity index (χ4v) is 7.48. The zero-order valence-electron chi connectivity index (χ0n) is 27.2. The van der Waals surface area contributed by atoms with E-state index in [0.717, 1.165) is 11.1 Å². The van der Waals surface area contributed by atoms with Crippen molar-refractivity contribution in [1.82, 2.24) is 10.3 Å². The minimum Gasteiger partial charge on any atom is -0.464 e. The highest BCUT2D eigenvalue weighted by atomic mass is 16.6. The molecule has 0 fully saturated rings. The first kappa shape index (κ1) is 31.8. The van der Waals surface area contributed by atoms with Gasteiger partial charge in [-0.2, -0.15) is 0 Å². The summed E-state index contributed by atoms with van der Waals surface area (Å²) in [5.74, 6) is -2.45. The summed E-state index contributed by atoms with van der Waals surface area (Å²) in [6.45, 7) is 5.25. The van der Waals surface area contributed by atoms with Crippen LogP contribution in [0.1, 0.15) is 53.4 Å². The number of nitro benzene ring substituents is 1. The maximum Gasteiger partial charge on any atom is 0.340 e. The van der Waals surface area contributed by atoms with Crippen LogP contribution in [0.5, 0.6) is 0 Å². The molecule has 0 saturated carbocycles. The predicted octanol–water partition coefficient (Wildman–Crippen LogP) is 5.78. The summed E-state index contributed by atoms with van der Waals surface area (Å²) in [6, 6.07) is 27.3. The van der Waals surface area contributed by atoms with Gasteiger partial charge < -0.3 is 19.4 Å². The molecule has 0 aliphatic carbocycles. The maximum absolute atomic E-state index is 15.7. The Morgan fingerprint density at radius 1 is 0.878 bits per heavy atom. The number of aryl methyl sites for hydroxylation is 1. The number of benzene rings is 4. The van der Waals surface area contributed by atoms with Crippen molar-refractivity contribution in [3.05, 3.63) is 141 Å².